The fourth-order valence-electron chi connectivity index (χ4n) is 2.91. The molecule has 1 atom stereocenters. The van der Waals surface area contributed by atoms with Crippen LogP contribution in [0.3, 0.4) is 0 Å². The summed E-state index contributed by atoms with van der Waals surface area (Å²) in [6.45, 7) is 0. The minimum absolute atomic E-state index is 0.124. The Morgan fingerprint density at radius 3 is 2.37 bits per heavy atom. The number of anilines is 1. The molecule has 3 amide bonds. The molecule has 10 heteroatoms. The molecular formula is C20H17F3N2O4S. The van der Waals surface area contributed by atoms with Crippen molar-refractivity contribution in [2.24, 2.45) is 0 Å². The quantitative estimate of drug-likeness (QED) is 0.717. The molecule has 0 spiro atoms. The number of rotatable bonds is 6. The number of benzene rings is 2. The lowest BCUT2D eigenvalue weighted by Crippen LogP contribution is -2.25. The highest BCUT2D eigenvalue weighted by molar-refractivity contribution is 8.15. The van der Waals surface area contributed by atoms with Crippen molar-refractivity contribution >= 4 is 34.5 Å². The van der Waals surface area contributed by atoms with Crippen molar-refractivity contribution in [2.45, 2.75) is 24.3 Å². The number of alkyl halides is 3. The molecule has 1 unspecified atom stereocenters. The zero-order valence-electron chi connectivity index (χ0n) is 15.7. The fourth-order valence-corrected chi connectivity index (χ4v) is 3.77. The fraction of sp³-hybridized carbons (Fsp3) is 0.250. The van der Waals surface area contributed by atoms with Gasteiger partial charge in [-0.1, -0.05) is 30.0 Å². The standard InChI is InChI=1S/C20H17F3N2O4S/c1-29-15-7-4-12(9-16-18(27)25-19(28)30-16)8-14(15)24-17(26)10-11-2-5-13(6-3-11)20(21,22)23/h2-8,16H,9-10H2,1H3,(H,24,26)(H,25,27,28). The van der Waals surface area contributed by atoms with Crippen LogP contribution in [0, 0.1) is 0 Å². The first kappa shape index (κ1) is 21.7. The summed E-state index contributed by atoms with van der Waals surface area (Å²) in [7, 11) is 1.43. The van der Waals surface area contributed by atoms with Gasteiger partial charge >= 0.3 is 6.18 Å². The number of nitrogens with one attached hydrogen (secondary N) is 2. The maximum absolute atomic E-state index is 12.6. The molecule has 1 fully saturated rings. The van der Waals surface area contributed by atoms with Gasteiger partial charge in [-0.2, -0.15) is 13.2 Å². The SMILES string of the molecule is COc1ccc(CC2SC(=O)NC2=O)cc1NC(=O)Cc1ccc(C(F)(F)F)cc1. The summed E-state index contributed by atoms with van der Waals surface area (Å²) in [6.07, 6.45) is -4.28. The van der Waals surface area contributed by atoms with Crippen LogP contribution in [0.5, 0.6) is 5.75 Å². The van der Waals surface area contributed by atoms with Gasteiger partial charge in [-0.3, -0.25) is 19.7 Å². The van der Waals surface area contributed by atoms with Gasteiger partial charge in [0.25, 0.3) is 5.24 Å². The molecule has 1 saturated heterocycles. The Morgan fingerprint density at radius 2 is 1.80 bits per heavy atom. The van der Waals surface area contributed by atoms with Crippen molar-refractivity contribution in [3.63, 3.8) is 0 Å². The number of carbonyl (C=O) groups is 3. The first-order chi connectivity index (χ1) is 14.2. The third-order valence-electron chi connectivity index (χ3n) is 4.37. The highest BCUT2D eigenvalue weighted by atomic mass is 32.2. The van der Waals surface area contributed by atoms with Crippen LogP contribution in [0.2, 0.25) is 0 Å². The first-order valence-corrected chi connectivity index (χ1v) is 9.68. The summed E-state index contributed by atoms with van der Waals surface area (Å²) in [5, 5.41) is 3.94. The van der Waals surface area contributed by atoms with Crippen LogP contribution in [0.1, 0.15) is 16.7 Å². The van der Waals surface area contributed by atoms with Gasteiger partial charge < -0.3 is 10.1 Å². The summed E-state index contributed by atoms with van der Waals surface area (Å²) < 4.78 is 43.2. The van der Waals surface area contributed by atoms with Crippen molar-refractivity contribution < 1.29 is 32.3 Å². The molecular weight excluding hydrogens is 421 g/mol. The van der Waals surface area contributed by atoms with Crippen LogP contribution in [0.4, 0.5) is 23.7 Å². The topological polar surface area (TPSA) is 84.5 Å². The molecule has 1 aliphatic rings. The van der Waals surface area contributed by atoms with Gasteiger partial charge in [-0.25, -0.2) is 0 Å². The average molecular weight is 438 g/mol. The maximum atomic E-state index is 12.6. The number of carbonyl (C=O) groups excluding carboxylic acids is 3. The summed E-state index contributed by atoms with van der Waals surface area (Å²) in [5.41, 5.74) is 0.714. The van der Waals surface area contributed by atoms with E-state index in [1.807, 2.05) is 0 Å². The minimum atomic E-state index is -4.44. The second-order valence-corrected chi connectivity index (χ2v) is 7.72. The molecule has 0 radical (unpaired) electrons. The molecule has 1 heterocycles. The van der Waals surface area contributed by atoms with E-state index in [1.165, 1.54) is 19.2 Å². The third kappa shape index (κ3) is 5.32. The molecule has 0 saturated carbocycles. The minimum Gasteiger partial charge on any atom is -0.495 e. The normalized spacial score (nSPS) is 16.3. The van der Waals surface area contributed by atoms with Crippen LogP contribution in [0.15, 0.2) is 42.5 Å². The predicted molar refractivity (Wildman–Crippen MR) is 105 cm³/mol. The lowest BCUT2D eigenvalue weighted by molar-refractivity contribution is -0.137. The summed E-state index contributed by atoms with van der Waals surface area (Å²) in [5.74, 6) is -0.416. The van der Waals surface area contributed by atoms with Crippen molar-refractivity contribution in [1.82, 2.24) is 5.32 Å². The smallest absolute Gasteiger partial charge is 0.416 e. The van der Waals surface area contributed by atoms with Crippen molar-refractivity contribution in [3.8, 4) is 5.75 Å². The Balaban J connectivity index is 1.69. The maximum Gasteiger partial charge on any atom is 0.416 e. The molecule has 2 aromatic rings. The molecule has 0 bridgehead atoms. The van der Waals surface area contributed by atoms with E-state index in [1.54, 1.807) is 18.2 Å². The number of hydrogen-bond donors (Lipinski definition) is 2. The molecule has 0 aliphatic carbocycles. The van der Waals surface area contributed by atoms with Gasteiger partial charge in [0.15, 0.2) is 0 Å². The number of hydrogen-bond acceptors (Lipinski definition) is 5. The molecule has 30 heavy (non-hydrogen) atoms. The Kier molecular flexibility index (Phi) is 6.35. The van der Waals surface area contributed by atoms with Gasteiger partial charge in [0.1, 0.15) is 5.75 Å². The second kappa shape index (κ2) is 8.78. The molecule has 2 N–H and O–H groups in total. The van der Waals surface area contributed by atoms with Gasteiger partial charge in [0, 0.05) is 0 Å². The van der Waals surface area contributed by atoms with Crippen LogP contribution in [-0.2, 0) is 28.6 Å². The van der Waals surface area contributed by atoms with E-state index in [0.717, 1.165) is 23.9 Å². The predicted octanol–water partition coefficient (Wildman–Crippen LogP) is 3.79. The molecule has 0 aromatic heterocycles. The Morgan fingerprint density at radius 1 is 1.13 bits per heavy atom. The first-order valence-electron chi connectivity index (χ1n) is 8.80. The largest absolute Gasteiger partial charge is 0.495 e. The summed E-state index contributed by atoms with van der Waals surface area (Å²) in [4.78, 5) is 35.4. The average Bonchev–Trinajstić information content (AvgIpc) is 2.98. The zero-order valence-corrected chi connectivity index (χ0v) is 16.5. The summed E-state index contributed by atoms with van der Waals surface area (Å²) >= 11 is 0.905. The number of ether oxygens (including phenoxy) is 1. The van der Waals surface area contributed by atoms with E-state index < -0.39 is 28.1 Å². The van der Waals surface area contributed by atoms with Gasteiger partial charge in [0.05, 0.1) is 30.0 Å². The van der Waals surface area contributed by atoms with Crippen LogP contribution >= 0.6 is 11.8 Å². The third-order valence-corrected chi connectivity index (χ3v) is 5.35. The molecule has 6 nitrogen and oxygen atoms in total. The van der Waals surface area contributed by atoms with Crippen LogP contribution < -0.4 is 15.4 Å². The number of amides is 3. The Labute approximate surface area is 174 Å². The van der Waals surface area contributed by atoms with E-state index in [0.29, 0.717) is 22.6 Å². The molecule has 3 rings (SSSR count). The monoisotopic (exact) mass is 438 g/mol. The Bertz CT molecular complexity index is 977. The molecule has 158 valence electrons. The number of thioether (sulfide) groups is 1. The lowest BCUT2D eigenvalue weighted by atomic mass is 10.1. The second-order valence-electron chi connectivity index (χ2n) is 6.54. The van der Waals surface area contributed by atoms with Crippen molar-refractivity contribution in [2.75, 3.05) is 12.4 Å². The van der Waals surface area contributed by atoms with E-state index in [9.17, 15) is 27.6 Å². The van der Waals surface area contributed by atoms with E-state index in [2.05, 4.69) is 10.6 Å². The van der Waals surface area contributed by atoms with Gasteiger partial charge in [-0.05, 0) is 41.8 Å². The molecule has 2 aromatic carbocycles. The highest BCUT2D eigenvalue weighted by Crippen LogP contribution is 2.30. The van der Waals surface area contributed by atoms with E-state index in [-0.39, 0.29) is 18.7 Å². The molecule has 1 aliphatic heterocycles. The van der Waals surface area contributed by atoms with Crippen LogP contribution in [-0.4, -0.2) is 29.4 Å². The lowest BCUT2D eigenvalue weighted by Gasteiger charge is -2.13. The highest BCUT2D eigenvalue weighted by Gasteiger charge is 2.32. The van der Waals surface area contributed by atoms with Crippen molar-refractivity contribution in [3.05, 3.63) is 59.2 Å². The summed E-state index contributed by atoms with van der Waals surface area (Å²) in [6, 6.07) is 9.35. The Hall–Kier alpha value is -3.01. The van der Waals surface area contributed by atoms with Crippen molar-refractivity contribution in [1.29, 1.82) is 0 Å². The number of halogens is 3. The van der Waals surface area contributed by atoms with Crippen LogP contribution in [0.25, 0.3) is 0 Å². The zero-order chi connectivity index (χ0) is 21.9. The number of imide groups is 1. The van der Waals surface area contributed by atoms with E-state index in [4.69, 9.17) is 4.74 Å². The van der Waals surface area contributed by atoms with Gasteiger partial charge in [-0.15, -0.1) is 0 Å². The number of methoxy groups -OCH3 is 1. The van der Waals surface area contributed by atoms with Gasteiger partial charge in [0.2, 0.25) is 11.8 Å². The van der Waals surface area contributed by atoms with E-state index >= 15 is 0 Å².